The molecule has 4 rings (SSSR count). The van der Waals surface area contributed by atoms with Crippen LogP contribution in [0.5, 0.6) is 0 Å². The minimum Gasteiger partial charge on any atom is -0.376 e. The van der Waals surface area contributed by atoms with E-state index in [1.54, 1.807) is 13.0 Å². The van der Waals surface area contributed by atoms with Crippen LogP contribution in [0.3, 0.4) is 0 Å². The molecule has 15 heteroatoms. The molecule has 8 nitrogen and oxygen atoms in total. The first kappa shape index (κ1) is 30.2. The Bertz CT molecular complexity index is 1310. The Morgan fingerprint density at radius 1 is 1.07 bits per heavy atom. The average molecular weight is 589 g/mol. The molecule has 0 N–H and O–H groups in total. The Hall–Kier alpha value is -3.75. The Balaban J connectivity index is 1.54. The smallest absolute Gasteiger partial charge is 0.376 e. The number of piperidine rings is 1. The highest BCUT2D eigenvalue weighted by Gasteiger charge is 2.38. The van der Waals surface area contributed by atoms with Crippen molar-refractivity contribution in [2.24, 2.45) is 0 Å². The molecule has 1 aliphatic heterocycles. The Labute approximate surface area is 230 Å². The highest BCUT2D eigenvalue weighted by Crippen LogP contribution is 2.38. The van der Waals surface area contributed by atoms with Gasteiger partial charge < -0.3 is 14.5 Å². The summed E-state index contributed by atoms with van der Waals surface area (Å²) in [5.41, 5.74) is -2.00. The van der Waals surface area contributed by atoms with Crippen LogP contribution in [0.1, 0.15) is 46.7 Å². The fourth-order valence-electron chi connectivity index (χ4n) is 4.88. The number of ether oxygens (including phenoxy) is 1. The highest BCUT2D eigenvalue weighted by atomic mass is 19.4. The van der Waals surface area contributed by atoms with Gasteiger partial charge in [0.2, 0.25) is 0 Å². The van der Waals surface area contributed by atoms with Crippen molar-refractivity contribution in [3.63, 3.8) is 0 Å². The minimum absolute atomic E-state index is 0.0440. The number of halogens is 7. The van der Waals surface area contributed by atoms with Gasteiger partial charge >= 0.3 is 18.4 Å². The van der Waals surface area contributed by atoms with Crippen LogP contribution >= 0.6 is 0 Å². The zero-order valence-electron chi connectivity index (χ0n) is 22.1. The third kappa shape index (κ3) is 7.51. The predicted octanol–water partition coefficient (Wildman–Crippen LogP) is 5.63. The standard InChI is InChI=1S/C26H27F7N6O2/c1-16-9-20(27)3-4-22(16)23-13-21(41-8-7-39-35-15-34-36-39)5-6-38(23)24(40)37(2)14-17-10-18(25(28,29)30)12-19(11-17)26(31,32)33/h3-4,9-12,15,21,23H,5-8,13-14H2,1-2H3/t21-,23+/m0/s1. The SMILES string of the molecule is Cc1cc(F)ccc1[C@H]1C[C@@H](OCCn2ncnn2)CCN1C(=O)N(C)Cc1cc(C(F)(F)F)cc(C(F)(F)F)c1. The van der Waals surface area contributed by atoms with E-state index in [1.165, 1.54) is 35.2 Å². The monoisotopic (exact) mass is 588 g/mol. The molecule has 0 spiro atoms. The van der Waals surface area contributed by atoms with Crippen molar-refractivity contribution in [2.45, 2.75) is 57.4 Å². The second kappa shape index (κ2) is 12.0. The first-order valence-corrected chi connectivity index (χ1v) is 12.6. The van der Waals surface area contributed by atoms with E-state index in [-0.39, 0.29) is 30.9 Å². The molecule has 0 saturated carbocycles. The molecular weight excluding hydrogens is 561 g/mol. The second-order valence-corrected chi connectivity index (χ2v) is 9.81. The molecular formula is C26H27F7N6O2. The van der Waals surface area contributed by atoms with E-state index in [1.807, 2.05) is 0 Å². The van der Waals surface area contributed by atoms with Crippen LogP contribution in [0.25, 0.3) is 0 Å². The summed E-state index contributed by atoms with van der Waals surface area (Å²) < 4.78 is 99.8. The molecule has 0 aliphatic carbocycles. The van der Waals surface area contributed by atoms with Crippen molar-refractivity contribution in [3.05, 3.63) is 76.4 Å². The van der Waals surface area contributed by atoms with Gasteiger partial charge in [-0.05, 0) is 72.0 Å². The Morgan fingerprint density at radius 2 is 1.76 bits per heavy atom. The van der Waals surface area contributed by atoms with E-state index in [0.29, 0.717) is 42.6 Å². The number of nitrogens with zero attached hydrogens (tertiary/aromatic N) is 6. The van der Waals surface area contributed by atoms with Gasteiger partial charge in [0.25, 0.3) is 0 Å². The Morgan fingerprint density at radius 3 is 2.34 bits per heavy atom. The molecule has 2 atom stereocenters. The minimum atomic E-state index is -5.00. The van der Waals surface area contributed by atoms with E-state index < -0.39 is 47.9 Å². The topological polar surface area (TPSA) is 76.4 Å². The molecule has 3 aromatic rings. The van der Waals surface area contributed by atoms with Crippen molar-refractivity contribution < 1.29 is 40.3 Å². The zero-order valence-corrected chi connectivity index (χ0v) is 22.1. The summed E-state index contributed by atoms with van der Waals surface area (Å²) in [6.07, 6.45) is -8.26. The van der Waals surface area contributed by atoms with Crippen molar-refractivity contribution in [2.75, 3.05) is 20.2 Å². The van der Waals surface area contributed by atoms with Crippen LogP contribution < -0.4 is 0 Å². The molecule has 2 aromatic carbocycles. The number of tetrazole rings is 1. The second-order valence-electron chi connectivity index (χ2n) is 9.81. The fraction of sp³-hybridized carbons (Fsp3) is 0.462. The molecule has 1 saturated heterocycles. The number of aromatic nitrogens is 4. The van der Waals surface area contributed by atoms with E-state index in [9.17, 15) is 35.5 Å². The summed E-state index contributed by atoms with van der Waals surface area (Å²) in [6, 6.07) is 4.20. The number of urea groups is 1. The molecule has 1 fully saturated rings. The molecule has 0 unspecified atom stereocenters. The largest absolute Gasteiger partial charge is 0.416 e. The third-order valence-corrected chi connectivity index (χ3v) is 6.82. The van der Waals surface area contributed by atoms with Crippen molar-refractivity contribution >= 4 is 6.03 Å². The highest BCUT2D eigenvalue weighted by molar-refractivity contribution is 5.75. The van der Waals surface area contributed by atoms with Gasteiger partial charge in [0.1, 0.15) is 5.82 Å². The van der Waals surface area contributed by atoms with Crippen molar-refractivity contribution in [3.8, 4) is 0 Å². The lowest BCUT2D eigenvalue weighted by molar-refractivity contribution is -0.143. The van der Waals surface area contributed by atoms with Crippen molar-refractivity contribution in [1.82, 2.24) is 30.0 Å². The molecule has 2 heterocycles. The van der Waals surface area contributed by atoms with E-state index >= 15 is 0 Å². The number of carbonyl (C=O) groups is 1. The molecule has 41 heavy (non-hydrogen) atoms. The van der Waals surface area contributed by atoms with Crippen LogP contribution in [-0.4, -0.2) is 62.3 Å². The number of rotatable bonds is 7. The van der Waals surface area contributed by atoms with Gasteiger partial charge in [-0.2, -0.15) is 31.1 Å². The van der Waals surface area contributed by atoms with Gasteiger partial charge in [-0.15, -0.1) is 10.2 Å². The zero-order chi connectivity index (χ0) is 29.9. The number of hydrogen-bond acceptors (Lipinski definition) is 5. The number of benzene rings is 2. The number of hydrogen-bond donors (Lipinski definition) is 0. The van der Waals surface area contributed by atoms with Gasteiger partial charge in [-0.1, -0.05) is 6.07 Å². The summed E-state index contributed by atoms with van der Waals surface area (Å²) in [5, 5.41) is 11.3. The van der Waals surface area contributed by atoms with Crippen LogP contribution in [0.2, 0.25) is 0 Å². The number of carbonyl (C=O) groups excluding carboxylic acids is 1. The van der Waals surface area contributed by atoms with Gasteiger partial charge in [-0.3, -0.25) is 0 Å². The van der Waals surface area contributed by atoms with Gasteiger partial charge in [0.05, 0.1) is 36.4 Å². The fourth-order valence-corrected chi connectivity index (χ4v) is 4.88. The maximum absolute atomic E-state index is 13.9. The van der Waals surface area contributed by atoms with E-state index in [0.717, 1.165) is 4.90 Å². The summed E-state index contributed by atoms with van der Waals surface area (Å²) in [5.74, 6) is -0.463. The van der Waals surface area contributed by atoms with Gasteiger partial charge in [0.15, 0.2) is 6.33 Å². The molecule has 1 aliphatic rings. The van der Waals surface area contributed by atoms with Gasteiger partial charge in [-0.25, -0.2) is 9.18 Å². The van der Waals surface area contributed by atoms with E-state index in [4.69, 9.17) is 4.74 Å². The summed E-state index contributed by atoms with van der Waals surface area (Å²) >= 11 is 0. The number of aryl methyl sites for hydroxylation is 1. The molecule has 1 aromatic heterocycles. The first-order chi connectivity index (χ1) is 19.2. The maximum Gasteiger partial charge on any atom is 0.416 e. The van der Waals surface area contributed by atoms with Crippen LogP contribution in [-0.2, 0) is 30.2 Å². The lowest BCUT2D eigenvalue weighted by Crippen LogP contribution is -2.48. The van der Waals surface area contributed by atoms with Crippen molar-refractivity contribution in [1.29, 1.82) is 0 Å². The summed E-state index contributed by atoms with van der Waals surface area (Å²) in [4.78, 5) is 17.5. The maximum atomic E-state index is 13.9. The number of amides is 2. The summed E-state index contributed by atoms with van der Waals surface area (Å²) in [6.45, 7) is 1.99. The van der Waals surface area contributed by atoms with E-state index in [2.05, 4.69) is 15.4 Å². The summed E-state index contributed by atoms with van der Waals surface area (Å²) in [7, 11) is 1.30. The third-order valence-electron chi connectivity index (χ3n) is 6.82. The molecule has 0 bridgehead atoms. The predicted molar refractivity (Wildman–Crippen MR) is 131 cm³/mol. The quantitative estimate of drug-likeness (QED) is 0.335. The number of alkyl halides is 6. The van der Waals surface area contributed by atoms with Crippen LogP contribution in [0.4, 0.5) is 35.5 Å². The lowest BCUT2D eigenvalue weighted by Gasteiger charge is -2.41. The van der Waals surface area contributed by atoms with Crippen LogP contribution in [0, 0.1) is 12.7 Å². The molecule has 222 valence electrons. The Kier molecular flexibility index (Phi) is 8.85. The average Bonchev–Trinajstić information content (AvgIpc) is 3.41. The van der Waals surface area contributed by atoms with Gasteiger partial charge in [0, 0.05) is 20.1 Å². The first-order valence-electron chi connectivity index (χ1n) is 12.6. The number of likely N-dealkylation sites (tertiary alicyclic amines) is 1. The molecule has 0 radical (unpaired) electrons. The van der Waals surface area contributed by atoms with Crippen LogP contribution in [0.15, 0.2) is 42.7 Å². The lowest BCUT2D eigenvalue weighted by atomic mass is 9.90. The normalized spacial score (nSPS) is 18.0. The molecule has 2 amide bonds.